The molecular weight excluding hydrogens is 851 g/mol. The van der Waals surface area contributed by atoms with Crippen LogP contribution in [0, 0.1) is 0 Å². The largest absolute Gasteiger partial charge is 0.256 e. The van der Waals surface area contributed by atoms with Gasteiger partial charge in [0.25, 0.3) is 0 Å². The van der Waals surface area contributed by atoms with Gasteiger partial charge in [0.2, 0.25) is 0 Å². The number of hydrogen-bond acceptors (Lipinski definition) is 3. The molecule has 0 amide bonds. The highest BCUT2D eigenvalue weighted by Gasteiger charge is 2.20. The Morgan fingerprint density at radius 2 is 0.600 bits per heavy atom. The molecule has 0 bridgehead atoms. The average molecular weight is 896 g/mol. The second-order valence-corrected chi connectivity index (χ2v) is 17.4. The third kappa shape index (κ3) is 8.33. The molecule has 0 aliphatic carbocycles. The molecule has 0 saturated heterocycles. The normalized spacial score (nSPS) is 11.1. The number of nitrogens with zero attached hydrogens (tertiary/aromatic N) is 5. The lowest BCUT2D eigenvalue weighted by Crippen LogP contribution is -1.95. The molecule has 330 valence electrons. The molecule has 3 heterocycles. The SMILES string of the molecule is c1ccc(-c2cccc(-c3cc(-c4ccccc4)ncc3-c3ccccc3-c3cc(-c4ccccc4-c4cnn(-c5ccccc5)c4)cc(-c4ccccc4-c4cnn(-c5ccccc5)c4)c3)c2)cc1. The van der Waals surface area contributed by atoms with Gasteiger partial charge in [0.05, 0.1) is 29.5 Å². The topological polar surface area (TPSA) is 48.5 Å². The van der Waals surface area contributed by atoms with Crippen LogP contribution in [0.5, 0.6) is 0 Å². The van der Waals surface area contributed by atoms with Gasteiger partial charge in [0.15, 0.2) is 0 Å². The Bertz CT molecular complexity index is 3620. The molecule has 5 heteroatoms. The van der Waals surface area contributed by atoms with E-state index in [9.17, 15) is 0 Å². The number of aromatic nitrogens is 5. The molecule has 5 nitrogen and oxygen atoms in total. The van der Waals surface area contributed by atoms with Gasteiger partial charge in [-0.05, 0) is 127 Å². The van der Waals surface area contributed by atoms with Crippen LogP contribution in [-0.2, 0) is 0 Å². The fraction of sp³-hybridized carbons (Fsp3) is 0. The van der Waals surface area contributed by atoms with Crippen LogP contribution in [-0.4, -0.2) is 24.5 Å². The molecule has 0 aliphatic rings. The monoisotopic (exact) mass is 895 g/mol. The zero-order chi connectivity index (χ0) is 46.6. The van der Waals surface area contributed by atoms with Gasteiger partial charge in [-0.2, -0.15) is 10.2 Å². The maximum atomic E-state index is 5.18. The van der Waals surface area contributed by atoms with Crippen LogP contribution >= 0.6 is 0 Å². The van der Waals surface area contributed by atoms with E-state index in [1.54, 1.807) is 0 Å². The second-order valence-electron chi connectivity index (χ2n) is 17.4. The lowest BCUT2D eigenvalue weighted by atomic mass is 9.85. The van der Waals surface area contributed by atoms with Crippen molar-refractivity contribution in [2.75, 3.05) is 0 Å². The Balaban J connectivity index is 1.06. The van der Waals surface area contributed by atoms with E-state index in [1.165, 1.54) is 5.56 Å². The van der Waals surface area contributed by atoms with Gasteiger partial charge in [0, 0.05) is 40.8 Å². The van der Waals surface area contributed by atoms with Gasteiger partial charge < -0.3 is 0 Å². The standard InChI is InChI=1S/C65H45N5/c1-5-20-46(21-6-1)48-24-19-25-49(36-48)63-40-65(47-22-7-2-8-23-47)66-43-64(63)62-35-18-17-32-59(62)52-38-50(57-30-13-15-33-60(57)53-41-67-69(44-53)55-26-9-3-10-27-55)37-51(39-52)58-31-14-16-34-61(58)54-42-68-70(45-54)56-28-11-4-12-29-56/h1-45H. The van der Waals surface area contributed by atoms with E-state index >= 15 is 0 Å². The summed E-state index contributed by atoms with van der Waals surface area (Å²) >= 11 is 0. The molecule has 0 atom stereocenters. The minimum absolute atomic E-state index is 0.922. The predicted molar refractivity (Wildman–Crippen MR) is 287 cm³/mol. The van der Waals surface area contributed by atoms with Crippen LogP contribution in [0.1, 0.15) is 0 Å². The van der Waals surface area contributed by atoms with Crippen LogP contribution in [0.2, 0.25) is 0 Å². The number of benzene rings is 9. The van der Waals surface area contributed by atoms with Crippen LogP contribution in [0.15, 0.2) is 274 Å². The van der Waals surface area contributed by atoms with Crippen molar-refractivity contribution in [1.82, 2.24) is 24.5 Å². The molecule has 12 rings (SSSR count). The fourth-order valence-corrected chi connectivity index (χ4v) is 9.58. The Morgan fingerprint density at radius 3 is 1.10 bits per heavy atom. The third-order valence-electron chi connectivity index (χ3n) is 13.0. The Hall–Kier alpha value is -9.45. The van der Waals surface area contributed by atoms with Crippen molar-refractivity contribution in [2.24, 2.45) is 0 Å². The third-order valence-corrected chi connectivity index (χ3v) is 13.0. The minimum atomic E-state index is 0.922. The van der Waals surface area contributed by atoms with Crippen LogP contribution in [0.4, 0.5) is 0 Å². The number of rotatable bonds is 11. The highest BCUT2D eigenvalue weighted by atomic mass is 15.3. The summed E-state index contributed by atoms with van der Waals surface area (Å²) in [7, 11) is 0. The molecule has 0 fully saturated rings. The van der Waals surface area contributed by atoms with Crippen molar-refractivity contribution in [3.63, 3.8) is 0 Å². The van der Waals surface area contributed by atoms with E-state index in [-0.39, 0.29) is 0 Å². The molecule has 70 heavy (non-hydrogen) atoms. The van der Waals surface area contributed by atoms with Gasteiger partial charge >= 0.3 is 0 Å². The van der Waals surface area contributed by atoms with Crippen molar-refractivity contribution >= 4 is 0 Å². The van der Waals surface area contributed by atoms with E-state index in [2.05, 4.69) is 219 Å². The van der Waals surface area contributed by atoms with E-state index in [0.29, 0.717) is 0 Å². The zero-order valence-corrected chi connectivity index (χ0v) is 38.2. The smallest absolute Gasteiger partial charge is 0.0708 e. The van der Waals surface area contributed by atoms with E-state index in [0.717, 1.165) is 106 Å². The summed E-state index contributed by atoms with van der Waals surface area (Å²) in [5.74, 6) is 0. The Morgan fingerprint density at radius 1 is 0.229 bits per heavy atom. The summed E-state index contributed by atoms with van der Waals surface area (Å²) in [6.45, 7) is 0. The summed E-state index contributed by atoms with van der Waals surface area (Å²) in [5, 5.41) is 9.65. The Kier molecular flexibility index (Phi) is 11.2. The van der Waals surface area contributed by atoms with Gasteiger partial charge in [-0.15, -0.1) is 0 Å². The summed E-state index contributed by atoms with van der Waals surface area (Å²) in [6.07, 6.45) is 10.2. The van der Waals surface area contributed by atoms with Crippen LogP contribution in [0.25, 0.3) is 112 Å². The maximum Gasteiger partial charge on any atom is 0.0708 e. The van der Waals surface area contributed by atoms with Crippen LogP contribution < -0.4 is 0 Å². The first kappa shape index (κ1) is 41.9. The summed E-state index contributed by atoms with van der Waals surface area (Å²) in [6, 6.07) is 85.8. The lowest BCUT2D eigenvalue weighted by Gasteiger charge is -2.19. The lowest BCUT2D eigenvalue weighted by molar-refractivity contribution is 0.881. The molecule has 0 saturated carbocycles. The molecule has 12 aromatic rings. The first-order valence-electron chi connectivity index (χ1n) is 23.6. The molecule has 0 aliphatic heterocycles. The summed E-state index contributed by atoms with van der Waals surface area (Å²) < 4.78 is 3.89. The second kappa shape index (κ2) is 18.7. The summed E-state index contributed by atoms with van der Waals surface area (Å²) in [5.41, 5.74) is 21.6. The number of pyridine rings is 1. The number of para-hydroxylation sites is 2. The highest BCUT2D eigenvalue weighted by molar-refractivity contribution is 5.97. The molecule has 0 radical (unpaired) electrons. The molecule has 9 aromatic carbocycles. The fourth-order valence-electron chi connectivity index (χ4n) is 9.58. The molecule has 0 spiro atoms. The van der Waals surface area contributed by atoms with Crippen molar-refractivity contribution in [2.45, 2.75) is 0 Å². The molecule has 0 N–H and O–H groups in total. The highest BCUT2D eigenvalue weighted by Crippen LogP contribution is 2.44. The van der Waals surface area contributed by atoms with E-state index in [1.807, 2.05) is 64.2 Å². The van der Waals surface area contributed by atoms with Crippen LogP contribution in [0.3, 0.4) is 0 Å². The first-order valence-corrected chi connectivity index (χ1v) is 23.6. The Labute approximate surface area is 407 Å². The molecule has 3 aromatic heterocycles. The first-order chi connectivity index (χ1) is 34.7. The average Bonchev–Trinajstić information content (AvgIpc) is 4.16. The number of hydrogen-bond donors (Lipinski definition) is 0. The maximum absolute atomic E-state index is 5.18. The van der Waals surface area contributed by atoms with Crippen molar-refractivity contribution in [3.05, 3.63) is 274 Å². The van der Waals surface area contributed by atoms with E-state index in [4.69, 9.17) is 15.2 Å². The molecule has 0 unspecified atom stereocenters. The minimum Gasteiger partial charge on any atom is -0.256 e. The van der Waals surface area contributed by atoms with Crippen molar-refractivity contribution in [3.8, 4) is 112 Å². The summed E-state index contributed by atoms with van der Waals surface area (Å²) in [4.78, 5) is 5.18. The quantitative estimate of drug-likeness (QED) is 0.130. The van der Waals surface area contributed by atoms with Gasteiger partial charge in [-0.25, -0.2) is 9.36 Å². The van der Waals surface area contributed by atoms with Gasteiger partial charge in [0.1, 0.15) is 0 Å². The van der Waals surface area contributed by atoms with Gasteiger partial charge in [-0.1, -0.05) is 188 Å². The van der Waals surface area contributed by atoms with Crippen molar-refractivity contribution in [1.29, 1.82) is 0 Å². The predicted octanol–water partition coefficient (Wildman–Crippen LogP) is 16.5. The van der Waals surface area contributed by atoms with Crippen molar-refractivity contribution < 1.29 is 0 Å². The van der Waals surface area contributed by atoms with E-state index < -0.39 is 0 Å². The van der Waals surface area contributed by atoms with Gasteiger partial charge in [-0.3, -0.25) is 4.98 Å². The zero-order valence-electron chi connectivity index (χ0n) is 38.2. The molecular formula is C65H45N5.